The molecule has 9 nitrogen and oxygen atoms in total. The van der Waals surface area contributed by atoms with Gasteiger partial charge in [-0.2, -0.15) is 15.0 Å². The Labute approximate surface area is 177 Å². The second-order valence-corrected chi connectivity index (χ2v) is 6.99. The fourth-order valence-electron chi connectivity index (χ4n) is 3.45. The lowest BCUT2D eigenvalue weighted by molar-refractivity contribution is 0.282. The molecule has 5 rings (SSSR count). The van der Waals surface area contributed by atoms with Crippen LogP contribution in [0, 0.1) is 0 Å². The highest BCUT2D eigenvalue weighted by Gasteiger charge is 2.19. The maximum absolute atomic E-state index is 9.41. The van der Waals surface area contributed by atoms with Gasteiger partial charge in [0, 0.05) is 11.9 Å². The minimum atomic E-state index is -0.0249. The van der Waals surface area contributed by atoms with Crippen LogP contribution in [0.25, 0.3) is 39.6 Å². The summed E-state index contributed by atoms with van der Waals surface area (Å²) in [4.78, 5) is 15.5. The Bertz CT molecular complexity index is 1370. The van der Waals surface area contributed by atoms with Crippen molar-refractivity contribution >= 4 is 17.0 Å². The van der Waals surface area contributed by atoms with Gasteiger partial charge in [-0.25, -0.2) is 15.0 Å². The van der Waals surface area contributed by atoms with Crippen LogP contribution in [0.3, 0.4) is 0 Å². The normalized spacial score (nSPS) is 11.3. The predicted octanol–water partition coefficient (Wildman–Crippen LogP) is 2.84. The van der Waals surface area contributed by atoms with Crippen LogP contribution >= 0.6 is 0 Å². The van der Waals surface area contributed by atoms with Crippen LogP contribution < -0.4 is 5.73 Å². The van der Waals surface area contributed by atoms with Crippen molar-refractivity contribution in [3.05, 3.63) is 66.5 Å². The van der Waals surface area contributed by atoms with E-state index in [1.165, 1.54) is 0 Å². The van der Waals surface area contributed by atoms with Gasteiger partial charge in [-0.3, -0.25) is 4.57 Å². The lowest BCUT2D eigenvalue weighted by Gasteiger charge is -2.11. The van der Waals surface area contributed by atoms with Crippen molar-refractivity contribution in [2.24, 2.45) is 0 Å². The van der Waals surface area contributed by atoms with E-state index in [0.29, 0.717) is 40.8 Å². The van der Waals surface area contributed by atoms with Gasteiger partial charge >= 0.3 is 0 Å². The molecule has 9 heteroatoms. The maximum atomic E-state index is 9.41. The third-order valence-electron chi connectivity index (χ3n) is 5.04. The molecule has 0 aliphatic carbocycles. The van der Waals surface area contributed by atoms with E-state index in [0.717, 1.165) is 16.8 Å². The number of benzene rings is 1. The lowest BCUT2D eigenvalue weighted by atomic mass is 10.2. The van der Waals surface area contributed by atoms with Crippen LogP contribution in [-0.2, 0) is 13.2 Å². The zero-order valence-corrected chi connectivity index (χ0v) is 16.8. The molecule has 4 heterocycles. The second-order valence-electron chi connectivity index (χ2n) is 6.99. The molecule has 0 saturated carbocycles. The number of hydrogen-bond donors (Lipinski definition) is 2. The third-order valence-corrected chi connectivity index (χ3v) is 5.04. The van der Waals surface area contributed by atoms with Crippen molar-refractivity contribution < 1.29 is 5.11 Å². The number of nitrogens with two attached hydrogens (primary N) is 1. The molecule has 4 aromatic heterocycles. The van der Waals surface area contributed by atoms with E-state index in [1.807, 2.05) is 60.0 Å². The standard InChI is InChI=1S/C22H20N8O/c1-2-29-25-12-19(28-29)17-9-10-18-22(26-17)30(15-7-5-14(13-31)6-8-15)21(27-18)16-4-3-11-24-20(16)23/h3-12,31H,2,13H2,1H3,(H2,23,24). The first-order chi connectivity index (χ1) is 15.2. The Balaban J connectivity index is 1.76. The Morgan fingerprint density at radius 3 is 2.55 bits per heavy atom. The van der Waals surface area contributed by atoms with Gasteiger partial charge in [0.25, 0.3) is 0 Å². The molecule has 0 fully saturated rings. The van der Waals surface area contributed by atoms with Gasteiger partial charge in [-0.15, -0.1) is 0 Å². The highest BCUT2D eigenvalue weighted by Crippen LogP contribution is 2.31. The Morgan fingerprint density at radius 1 is 1.00 bits per heavy atom. The van der Waals surface area contributed by atoms with Crippen LogP contribution in [0.2, 0.25) is 0 Å². The number of nitrogens with zero attached hydrogens (tertiary/aromatic N) is 7. The number of aromatic nitrogens is 7. The highest BCUT2D eigenvalue weighted by molar-refractivity contribution is 5.84. The molecule has 154 valence electrons. The summed E-state index contributed by atoms with van der Waals surface area (Å²) >= 11 is 0. The summed E-state index contributed by atoms with van der Waals surface area (Å²) in [7, 11) is 0. The second kappa shape index (κ2) is 7.62. The Kier molecular flexibility index (Phi) is 4.64. The summed E-state index contributed by atoms with van der Waals surface area (Å²) < 4.78 is 1.94. The largest absolute Gasteiger partial charge is 0.392 e. The third kappa shape index (κ3) is 3.30. The number of aliphatic hydroxyl groups is 1. The maximum Gasteiger partial charge on any atom is 0.165 e. The van der Waals surface area contributed by atoms with Crippen molar-refractivity contribution in [1.82, 2.24) is 34.5 Å². The number of fused-ring (bicyclic) bond motifs is 1. The molecular formula is C22H20N8O. The smallest absolute Gasteiger partial charge is 0.165 e. The lowest BCUT2D eigenvalue weighted by Crippen LogP contribution is -2.02. The summed E-state index contributed by atoms with van der Waals surface area (Å²) in [5, 5.41) is 18.1. The van der Waals surface area contributed by atoms with Crippen molar-refractivity contribution in [2.75, 3.05) is 5.73 Å². The number of nitrogen functional groups attached to an aromatic ring is 1. The topological polar surface area (TPSA) is 121 Å². The SMILES string of the molecule is CCn1ncc(-c2ccc3nc(-c4cccnc4N)n(-c4ccc(CO)cc4)c3n2)n1. The van der Waals surface area contributed by atoms with Gasteiger partial charge in [-0.1, -0.05) is 12.1 Å². The van der Waals surface area contributed by atoms with Crippen LogP contribution in [0.4, 0.5) is 5.82 Å². The predicted molar refractivity (Wildman–Crippen MR) is 117 cm³/mol. The molecule has 31 heavy (non-hydrogen) atoms. The average Bonchev–Trinajstić information content (AvgIpc) is 3.44. The van der Waals surface area contributed by atoms with E-state index in [-0.39, 0.29) is 6.61 Å². The summed E-state index contributed by atoms with van der Waals surface area (Å²) in [6.07, 6.45) is 3.35. The summed E-state index contributed by atoms with van der Waals surface area (Å²) in [5.74, 6) is 1.02. The van der Waals surface area contributed by atoms with E-state index in [4.69, 9.17) is 15.7 Å². The van der Waals surface area contributed by atoms with Gasteiger partial charge in [0.2, 0.25) is 0 Å². The van der Waals surface area contributed by atoms with E-state index in [1.54, 1.807) is 17.2 Å². The van der Waals surface area contributed by atoms with E-state index >= 15 is 0 Å². The molecule has 0 radical (unpaired) electrons. The van der Waals surface area contributed by atoms with Crippen LogP contribution in [0.1, 0.15) is 12.5 Å². The number of rotatable bonds is 5. The van der Waals surface area contributed by atoms with Crippen LogP contribution in [0.5, 0.6) is 0 Å². The summed E-state index contributed by atoms with van der Waals surface area (Å²) in [6.45, 7) is 2.64. The number of aliphatic hydroxyl groups excluding tert-OH is 1. The highest BCUT2D eigenvalue weighted by atomic mass is 16.3. The van der Waals surface area contributed by atoms with E-state index in [2.05, 4.69) is 15.2 Å². The number of pyridine rings is 2. The molecule has 0 amide bonds. The zero-order valence-electron chi connectivity index (χ0n) is 16.8. The molecule has 0 unspecified atom stereocenters. The molecule has 0 atom stereocenters. The molecule has 0 bridgehead atoms. The number of anilines is 1. The monoisotopic (exact) mass is 412 g/mol. The van der Waals surface area contributed by atoms with E-state index < -0.39 is 0 Å². The van der Waals surface area contributed by atoms with Crippen molar-refractivity contribution in [1.29, 1.82) is 0 Å². The first-order valence-corrected chi connectivity index (χ1v) is 9.89. The van der Waals surface area contributed by atoms with Gasteiger partial charge < -0.3 is 10.8 Å². The molecule has 0 spiro atoms. The van der Waals surface area contributed by atoms with E-state index in [9.17, 15) is 5.11 Å². The molecule has 0 saturated heterocycles. The van der Waals surface area contributed by atoms with Crippen molar-refractivity contribution in [3.8, 4) is 28.5 Å². The first-order valence-electron chi connectivity index (χ1n) is 9.89. The minimum Gasteiger partial charge on any atom is -0.392 e. The molecule has 1 aromatic carbocycles. The van der Waals surface area contributed by atoms with Gasteiger partial charge in [-0.05, 0) is 48.9 Å². The number of aryl methyl sites for hydroxylation is 1. The number of imidazole rings is 1. The molecular weight excluding hydrogens is 392 g/mol. The van der Waals surface area contributed by atoms with Crippen LogP contribution in [-0.4, -0.2) is 39.6 Å². The Morgan fingerprint density at radius 2 is 1.84 bits per heavy atom. The first kappa shape index (κ1) is 18.9. The van der Waals surface area contributed by atoms with Crippen molar-refractivity contribution in [2.45, 2.75) is 20.1 Å². The zero-order chi connectivity index (χ0) is 21.4. The molecule has 3 N–H and O–H groups in total. The molecule has 0 aliphatic heterocycles. The summed E-state index contributed by atoms with van der Waals surface area (Å²) in [5.41, 5.74) is 11.3. The van der Waals surface area contributed by atoms with Crippen molar-refractivity contribution in [3.63, 3.8) is 0 Å². The average molecular weight is 412 g/mol. The fourth-order valence-corrected chi connectivity index (χ4v) is 3.45. The van der Waals surface area contributed by atoms with Gasteiger partial charge in [0.1, 0.15) is 17.0 Å². The number of hydrogen-bond acceptors (Lipinski definition) is 7. The molecule has 0 aliphatic rings. The molecule has 5 aromatic rings. The quantitative estimate of drug-likeness (QED) is 0.455. The van der Waals surface area contributed by atoms with Gasteiger partial charge in [0.05, 0.1) is 30.6 Å². The fraction of sp³-hybridized carbons (Fsp3) is 0.136. The minimum absolute atomic E-state index is 0.0249. The Hall–Kier alpha value is -4.11. The van der Waals surface area contributed by atoms with Crippen LogP contribution in [0.15, 0.2) is 60.9 Å². The summed E-state index contributed by atoms with van der Waals surface area (Å²) in [6, 6.07) is 15.1. The van der Waals surface area contributed by atoms with Gasteiger partial charge in [0.15, 0.2) is 11.5 Å².